The fraction of sp³-hybridized carbons (Fsp3) is 1.00. The van der Waals surface area contributed by atoms with Crippen LogP contribution in [0.3, 0.4) is 0 Å². The summed E-state index contributed by atoms with van der Waals surface area (Å²) in [6.07, 6.45) is 8.45. The van der Waals surface area contributed by atoms with Gasteiger partial charge >= 0.3 is 0 Å². The van der Waals surface area contributed by atoms with Gasteiger partial charge in [-0.2, -0.15) is 0 Å². The highest BCUT2D eigenvalue weighted by molar-refractivity contribution is 4.90. The Balaban J connectivity index is 1.82. The minimum Gasteiger partial charge on any atom is -0.389 e. The van der Waals surface area contributed by atoms with E-state index in [-0.39, 0.29) is 0 Å². The molecule has 18 heavy (non-hydrogen) atoms. The van der Waals surface area contributed by atoms with Crippen LogP contribution in [-0.2, 0) is 0 Å². The molecule has 0 amide bonds. The van der Waals surface area contributed by atoms with Crippen LogP contribution in [-0.4, -0.2) is 23.3 Å². The van der Waals surface area contributed by atoms with Gasteiger partial charge in [-0.1, -0.05) is 40.0 Å². The Morgan fingerprint density at radius 2 is 1.89 bits per heavy atom. The molecule has 106 valence electrons. The molecule has 2 fully saturated rings. The van der Waals surface area contributed by atoms with Crippen molar-refractivity contribution in [2.75, 3.05) is 6.54 Å². The molecule has 2 N–H and O–H groups in total. The fourth-order valence-electron chi connectivity index (χ4n) is 3.93. The molecule has 2 aliphatic carbocycles. The van der Waals surface area contributed by atoms with Gasteiger partial charge in [0.05, 0.1) is 5.60 Å². The van der Waals surface area contributed by atoms with Crippen molar-refractivity contribution in [1.29, 1.82) is 0 Å². The maximum Gasteiger partial charge on any atom is 0.0774 e. The average molecular weight is 253 g/mol. The molecule has 2 saturated carbocycles. The first-order valence-electron chi connectivity index (χ1n) is 7.94. The Kier molecular flexibility index (Phi) is 4.71. The molecule has 0 radical (unpaired) electrons. The third-order valence-electron chi connectivity index (χ3n) is 5.22. The van der Waals surface area contributed by atoms with Crippen LogP contribution >= 0.6 is 0 Å². The lowest BCUT2D eigenvalue weighted by Crippen LogP contribution is -2.49. The zero-order chi connectivity index (χ0) is 13.2. The van der Waals surface area contributed by atoms with E-state index in [1.165, 1.54) is 32.1 Å². The molecule has 0 saturated heterocycles. The van der Waals surface area contributed by atoms with E-state index in [0.29, 0.717) is 12.0 Å². The van der Waals surface area contributed by atoms with Crippen LogP contribution in [0.1, 0.15) is 65.7 Å². The quantitative estimate of drug-likeness (QED) is 0.808. The lowest BCUT2D eigenvalue weighted by atomic mass is 9.77. The van der Waals surface area contributed by atoms with E-state index in [2.05, 4.69) is 26.1 Å². The van der Waals surface area contributed by atoms with E-state index in [9.17, 15) is 5.11 Å². The first-order valence-corrected chi connectivity index (χ1v) is 7.94. The van der Waals surface area contributed by atoms with Crippen molar-refractivity contribution in [2.45, 2.75) is 77.4 Å². The number of hydrogen-bond acceptors (Lipinski definition) is 2. The van der Waals surface area contributed by atoms with Crippen LogP contribution in [0.4, 0.5) is 0 Å². The first-order chi connectivity index (χ1) is 8.48. The molecular weight excluding hydrogens is 222 g/mol. The van der Waals surface area contributed by atoms with Gasteiger partial charge in [-0.15, -0.1) is 0 Å². The minimum atomic E-state index is -0.432. The van der Waals surface area contributed by atoms with Gasteiger partial charge in [0.2, 0.25) is 0 Å². The maximum absolute atomic E-state index is 10.7. The molecule has 2 heteroatoms. The first kappa shape index (κ1) is 14.3. The van der Waals surface area contributed by atoms with E-state index in [1.54, 1.807) is 0 Å². The molecule has 5 atom stereocenters. The molecule has 2 nitrogen and oxygen atoms in total. The molecule has 0 spiro atoms. The average Bonchev–Trinajstić information content (AvgIpc) is 2.30. The lowest BCUT2D eigenvalue weighted by Gasteiger charge is -2.39. The van der Waals surface area contributed by atoms with E-state index in [0.717, 1.165) is 31.2 Å². The van der Waals surface area contributed by atoms with Gasteiger partial charge in [0, 0.05) is 12.6 Å². The molecule has 0 aliphatic heterocycles. The van der Waals surface area contributed by atoms with Gasteiger partial charge in [-0.3, -0.25) is 0 Å². The Morgan fingerprint density at radius 3 is 2.61 bits per heavy atom. The highest BCUT2D eigenvalue weighted by Gasteiger charge is 2.34. The molecule has 0 aromatic heterocycles. The second-order valence-corrected chi connectivity index (χ2v) is 7.31. The normalized spacial score (nSPS) is 46.0. The number of rotatable bonds is 3. The molecule has 0 bridgehead atoms. The van der Waals surface area contributed by atoms with Crippen LogP contribution in [0, 0.1) is 17.8 Å². The van der Waals surface area contributed by atoms with Crippen LogP contribution < -0.4 is 5.32 Å². The lowest BCUT2D eigenvalue weighted by molar-refractivity contribution is -0.0166. The van der Waals surface area contributed by atoms with Crippen LogP contribution in [0.15, 0.2) is 0 Å². The summed E-state index contributed by atoms with van der Waals surface area (Å²) in [6.45, 7) is 7.80. The van der Waals surface area contributed by atoms with Gasteiger partial charge < -0.3 is 10.4 Å². The third-order valence-corrected chi connectivity index (χ3v) is 5.22. The number of hydrogen-bond donors (Lipinski definition) is 2. The van der Waals surface area contributed by atoms with Crippen molar-refractivity contribution in [3.05, 3.63) is 0 Å². The summed E-state index contributed by atoms with van der Waals surface area (Å²) in [4.78, 5) is 0. The van der Waals surface area contributed by atoms with Crippen LogP contribution in [0.2, 0.25) is 0 Å². The number of aliphatic hydroxyl groups is 1. The van der Waals surface area contributed by atoms with Crippen LogP contribution in [0.25, 0.3) is 0 Å². The highest BCUT2D eigenvalue weighted by atomic mass is 16.3. The minimum absolute atomic E-state index is 0.432. The predicted molar refractivity (Wildman–Crippen MR) is 76.6 cm³/mol. The van der Waals surface area contributed by atoms with E-state index >= 15 is 0 Å². The largest absolute Gasteiger partial charge is 0.389 e. The highest BCUT2D eigenvalue weighted by Crippen LogP contribution is 2.33. The SMILES string of the molecule is CC1CCC(C)C(NCC2(O)CCCC(C)C2)C1. The summed E-state index contributed by atoms with van der Waals surface area (Å²) in [6, 6.07) is 0.620. The van der Waals surface area contributed by atoms with E-state index in [4.69, 9.17) is 0 Å². The summed E-state index contributed by atoms with van der Waals surface area (Å²) in [5, 5.41) is 14.3. The second kappa shape index (κ2) is 5.92. The summed E-state index contributed by atoms with van der Waals surface area (Å²) in [5.74, 6) is 2.30. The Hall–Kier alpha value is -0.0800. The van der Waals surface area contributed by atoms with Gasteiger partial charge in [-0.05, 0) is 43.4 Å². The van der Waals surface area contributed by atoms with Gasteiger partial charge in [0.1, 0.15) is 0 Å². The predicted octanol–water partition coefficient (Wildman–Crippen LogP) is 3.34. The topological polar surface area (TPSA) is 32.3 Å². The van der Waals surface area contributed by atoms with Crippen molar-refractivity contribution in [1.82, 2.24) is 5.32 Å². The Labute approximate surface area is 113 Å². The van der Waals surface area contributed by atoms with Crippen molar-refractivity contribution >= 4 is 0 Å². The molecule has 5 unspecified atom stereocenters. The summed E-state index contributed by atoms with van der Waals surface area (Å²) < 4.78 is 0. The van der Waals surface area contributed by atoms with Crippen molar-refractivity contribution < 1.29 is 5.11 Å². The summed E-state index contributed by atoms with van der Waals surface area (Å²) >= 11 is 0. The van der Waals surface area contributed by atoms with Gasteiger partial charge in [-0.25, -0.2) is 0 Å². The molecule has 2 rings (SSSR count). The zero-order valence-corrected chi connectivity index (χ0v) is 12.4. The summed E-state index contributed by atoms with van der Waals surface area (Å²) in [7, 11) is 0. The zero-order valence-electron chi connectivity index (χ0n) is 12.4. The molecular formula is C16H31NO. The molecule has 2 aliphatic rings. The standard InChI is InChI=1S/C16H31NO/c1-12-6-7-14(3)15(9-12)17-11-16(18)8-4-5-13(2)10-16/h12-15,17-18H,4-11H2,1-3H3. The van der Waals surface area contributed by atoms with Gasteiger partial charge in [0.25, 0.3) is 0 Å². The van der Waals surface area contributed by atoms with Crippen molar-refractivity contribution in [2.24, 2.45) is 17.8 Å². The van der Waals surface area contributed by atoms with E-state index < -0.39 is 5.60 Å². The molecule has 0 heterocycles. The van der Waals surface area contributed by atoms with Crippen molar-refractivity contribution in [3.63, 3.8) is 0 Å². The van der Waals surface area contributed by atoms with E-state index in [1.807, 2.05) is 0 Å². The summed E-state index contributed by atoms with van der Waals surface area (Å²) in [5.41, 5.74) is -0.432. The maximum atomic E-state index is 10.7. The second-order valence-electron chi connectivity index (χ2n) is 7.31. The molecule has 0 aromatic rings. The van der Waals surface area contributed by atoms with Gasteiger partial charge in [0.15, 0.2) is 0 Å². The van der Waals surface area contributed by atoms with Crippen molar-refractivity contribution in [3.8, 4) is 0 Å². The fourth-order valence-corrected chi connectivity index (χ4v) is 3.93. The third kappa shape index (κ3) is 3.71. The Morgan fingerprint density at radius 1 is 1.11 bits per heavy atom. The Bertz CT molecular complexity index is 268. The smallest absolute Gasteiger partial charge is 0.0774 e. The monoisotopic (exact) mass is 253 g/mol. The van der Waals surface area contributed by atoms with Crippen LogP contribution in [0.5, 0.6) is 0 Å². The molecule has 0 aromatic carbocycles. The number of nitrogens with one attached hydrogen (secondary N) is 1.